The molecule has 0 fully saturated rings. The molecule has 0 aliphatic carbocycles. The Morgan fingerprint density at radius 3 is 2.50 bits per heavy atom. The van der Waals surface area contributed by atoms with Crippen LogP contribution in [0.3, 0.4) is 0 Å². The summed E-state index contributed by atoms with van der Waals surface area (Å²) in [5.74, 6) is 0.758. The van der Waals surface area contributed by atoms with Gasteiger partial charge in [-0.3, -0.25) is 0 Å². The Hall–Kier alpha value is -0.930. The SMILES string of the molecule is COc1ccc(N(C)CC(C)(C)N)c(Cl)c1. The van der Waals surface area contributed by atoms with Crippen LogP contribution in [0.1, 0.15) is 13.8 Å². The number of rotatable bonds is 4. The van der Waals surface area contributed by atoms with Gasteiger partial charge in [-0.1, -0.05) is 11.6 Å². The van der Waals surface area contributed by atoms with Crippen molar-refractivity contribution in [3.8, 4) is 5.75 Å². The topological polar surface area (TPSA) is 38.5 Å². The second kappa shape index (κ2) is 4.93. The monoisotopic (exact) mass is 242 g/mol. The molecular formula is C12H19ClN2O. The lowest BCUT2D eigenvalue weighted by Gasteiger charge is -2.28. The summed E-state index contributed by atoms with van der Waals surface area (Å²) in [6, 6.07) is 5.63. The molecule has 0 spiro atoms. The fourth-order valence-corrected chi connectivity index (χ4v) is 1.94. The van der Waals surface area contributed by atoms with Crippen LogP contribution in [0, 0.1) is 0 Å². The Balaban J connectivity index is 2.88. The molecule has 0 saturated heterocycles. The lowest BCUT2D eigenvalue weighted by molar-refractivity contribution is 0.415. The minimum Gasteiger partial charge on any atom is -0.497 e. The van der Waals surface area contributed by atoms with E-state index < -0.39 is 0 Å². The van der Waals surface area contributed by atoms with Crippen molar-refractivity contribution in [2.45, 2.75) is 19.4 Å². The van der Waals surface area contributed by atoms with Gasteiger partial charge in [0.05, 0.1) is 17.8 Å². The van der Waals surface area contributed by atoms with E-state index in [1.807, 2.05) is 37.9 Å². The van der Waals surface area contributed by atoms with Gasteiger partial charge in [-0.05, 0) is 26.0 Å². The molecule has 90 valence electrons. The molecule has 4 heteroatoms. The van der Waals surface area contributed by atoms with E-state index in [0.717, 1.165) is 18.0 Å². The van der Waals surface area contributed by atoms with Gasteiger partial charge in [0, 0.05) is 25.2 Å². The van der Waals surface area contributed by atoms with E-state index in [1.54, 1.807) is 13.2 Å². The van der Waals surface area contributed by atoms with E-state index in [-0.39, 0.29) is 5.54 Å². The van der Waals surface area contributed by atoms with Crippen molar-refractivity contribution in [2.75, 3.05) is 25.6 Å². The third-order valence-electron chi connectivity index (χ3n) is 2.21. The summed E-state index contributed by atoms with van der Waals surface area (Å²) in [6.45, 7) is 4.71. The predicted molar refractivity (Wildman–Crippen MR) is 69.5 cm³/mol. The second-order valence-electron chi connectivity index (χ2n) is 4.66. The zero-order valence-electron chi connectivity index (χ0n) is 10.2. The maximum absolute atomic E-state index is 6.17. The highest BCUT2D eigenvalue weighted by Gasteiger charge is 2.16. The van der Waals surface area contributed by atoms with E-state index in [9.17, 15) is 0 Å². The van der Waals surface area contributed by atoms with Gasteiger partial charge < -0.3 is 15.4 Å². The van der Waals surface area contributed by atoms with Crippen molar-refractivity contribution in [2.24, 2.45) is 5.73 Å². The van der Waals surface area contributed by atoms with Crippen molar-refractivity contribution < 1.29 is 4.74 Å². The molecule has 16 heavy (non-hydrogen) atoms. The van der Waals surface area contributed by atoms with Crippen molar-refractivity contribution >= 4 is 17.3 Å². The molecule has 3 nitrogen and oxygen atoms in total. The van der Waals surface area contributed by atoms with Gasteiger partial charge in [-0.15, -0.1) is 0 Å². The molecular weight excluding hydrogens is 224 g/mol. The van der Waals surface area contributed by atoms with E-state index >= 15 is 0 Å². The summed E-state index contributed by atoms with van der Waals surface area (Å²) in [7, 11) is 3.60. The molecule has 0 radical (unpaired) electrons. The Bertz CT molecular complexity index is 361. The predicted octanol–water partition coefficient (Wildman–Crippen LogP) is 2.52. The highest BCUT2D eigenvalue weighted by Crippen LogP contribution is 2.29. The number of halogens is 1. The lowest BCUT2D eigenvalue weighted by atomic mass is 10.1. The average Bonchev–Trinajstić information content (AvgIpc) is 2.14. The molecule has 0 unspecified atom stereocenters. The fourth-order valence-electron chi connectivity index (χ4n) is 1.62. The molecule has 0 aromatic heterocycles. The largest absolute Gasteiger partial charge is 0.497 e. The first kappa shape index (κ1) is 13.1. The summed E-state index contributed by atoms with van der Waals surface area (Å²) in [5, 5.41) is 0.672. The van der Waals surface area contributed by atoms with Crippen LogP contribution in [0.2, 0.25) is 5.02 Å². The lowest BCUT2D eigenvalue weighted by Crippen LogP contribution is -2.44. The molecule has 0 aliphatic heterocycles. The van der Waals surface area contributed by atoms with Crippen LogP contribution in [-0.4, -0.2) is 26.2 Å². The summed E-state index contributed by atoms with van der Waals surface area (Å²) in [4.78, 5) is 2.04. The zero-order valence-corrected chi connectivity index (χ0v) is 11.0. The van der Waals surface area contributed by atoms with E-state index in [4.69, 9.17) is 22.1 Å². The summed E-state index contributed by atoms with van der Waals surface area (Å²) >= 11 is 6.17. The van der Waals surface area contributed by atoms with E-state index in [1.165, 1.54) is 0 Å². The first-order valence-electron chi connectivity index (χ1n) is 5.17. The molecule has 0 aliphatic rings. The van der Waals surface area contributed by atoms with Crippen LogP contribution in [-0.2, 0) is 0 Å². The highest BCUT2D eigenvalue weighted by molar-refractivity contribution is 6.33. The Kier molecular flexibility index (Phi) is 4.05. The minimum absolute atomic E-state index is 0.252. The molecule has 0 heterocycles. The van der Waals surface area contributed by atoms with Gasteiger partial charge in [0.1, 0.15) is 5.75 Å². The fraction of sp³-hybridized carbons (Fsp3) is 0.500. The van der Waals surface area contributed by atoms with Gasteiger partial charge in [0.15, 0.2) is 0 Å². The van der Waals surface area contributed by atoms with E-state index in [0.29, 0.717) is 5.02 Å². The van der Waals surface area contributed by atoms with Gasteiger partial charge in [0.2, 0.25) is 0 Å². The highest BCUT2D eigenvalue weighted by atomic mass is 35.5. The third-order valence-corrected chi connectivity index (χ3v) is 2.51. The van der Waals surface area contributed by atoms with Crippen molar-refractivity contribution in [3.63, 3.8) is 0 Å². The Morgan fingerprint density at radius 1 is 1.44 bits per heavy atom. The maximum atomic E-state index is 6.17. The van der Waals surface area contributed by atoms with Crippen molar-refractivity contribution in [1.29, 1.82) is 0 Å². The molecule has 0 atom stereocenters. The second-order valence-corrected chi connectivity index (χ2v) is 5.07. The number of methoxy groups -OCH3 is 1. The van der Waals surface area contributed by atoms with Gasteiger partial charge >= 0.3 is 0 Å². The first-order chi connectivity index (χ1) is 7.33. The number of ether oxygens (including phenoxy) is 1. The van der Waals surface area contributed by atoms with Crippen LogP contribution in [0.15, 0.2) is 18.2 Å². The normalized spacial score (nSPS) is 11.4. The van der Waals surface area contributed by atoms with Crippen LogP contribution in [0.4, 0.5) is 5.69 Å². The van der Waals surface area contributed by atoms with Gasteiger partial charge in [0.25, 0.3) is 0 Å². The average molecular weight is 243 g/mol. The molecule has 0 saturated carbocycles. The van der Waals surface area contributed by atoms with Crippen molar-refractivity contribution in [1.82, 2.24) is 0 Å². The van der Waals surface area contributed by atoms with Crippen LogP contribution >= 0.6 is 11.6 Å². The number of hydrogen-bond donors (Lipinski definition) is 1. The number of hydrogen-bond acceptors (Lipinski definition) is 3. The smallest absolute Gasteiger partial charge is 0.120 e. The first-order valence-corrected chi connectivity index (χ1v) is 5.55. The van der Waals surface area contributed by atoms with Crippen LogP contribution in [0.25, 0.3) is 0 Å². The summed E-state index contributed by atoms with van der Waals surface area (Å²) < 4.78 is 5.10. The number of anilines is 1. The molecule has 1 rings (SSSR count). The van der Waals surface area contributed by atoms with E-state index in [2.05, 4.69) is 0 Å². The Labute approximate surface area is 102 Å². The third kappa shape index (κ3) is 3.58. The number of benzene rings is 1. The molecule has 0 amide bonds. The van der Waals surface area contributed by atoms with Gasteiger partial charge in [-0.2, -0.15) is 0 Å². The van der Waals surface area contributed by atoms with Gasteiger partial charge in [-0.25, -0.2) is 0 Å². The van der Waals surface area contributed by atoms with Crippen molar-refractivity contribution in [3.05, 3.63) is 23.2 Å². The van der Waals surface area contributed by atoms with Crippen LogP contribution < -0.4 is 15.4 Å². The quantitative estimate of drug-likeness (QED) is 0.882. The molecule has 1 aromatic rings. The molecule has 1 aromatic carbocycles. The number of nitrogens with zero attached hydrogens (tertiary/aromatic N) is 1. The summed E-state index contributed by atoms with van der Waals surface area (Å²) in [6.07, 6.45) is 0. The number of nitrogens with two attached hydrogens (primary N) is 1. The van der Waals surface area contributed by atoms with Crippen LogP contribution in [0.5, 0.6) is 5.75 Å². The maximum Gasteiger partial charge on any atom is 0.120 e. The molecule has 2 N–H and O–H groups in total. The number of likely N-dealkylation sites (N-methyl/N-ethyl adjacent to an activating group) is 1. The minimum atomic E-state index is -0.252. The standard InChI is InChI=1S/C12H19ClN2O/c1-12(2,14)8-15(3)11-6-5-9(16-4)7-10(11)13/h5-7H,8,14H2,1-4H3. The summed E-state index contributed by atoms with van der Waals surface area (Å²) in [5.41, 5.74) is 6.68. The zero-order chi connectivity index (χ0) is 12.3. The molecule has 0 bridgehead atoms. The Morgan fingerprint density at radius 2 is 2.06 bits per heavy atom.